The van der Waals surface area contributed by atoms with Crippen molar-refractivity contribution >= 4 is 15.7 Å². The van der Waals surface area contributed by atoms with E-state index in [2.05, 4.69) is 4.90 Å². The molecule has 1 aromatic carbocycles. The Morgan fingerprint density at radius 3 is 2.66 bits per heavy atom. The van der Waals surface area contributed by atoms with Crippen LogP contribution in [0.3, 0.4) is 0 Å². The molecular weight excluding hydrogens is 395 g/mol. The maximum atomic E-state index is 13.4. The topological polar surface area (TPSA) is 66.9 Å². The van der Waals surface area contributed by atoms with Gasteiger partial charge in [0.1, 0.15) is 11.4 Å². The van der Waals surface area contributed by atoms with E-state index in [1.807, 2.05) is 7.05 Å². The lowest BCUT2D eigenvalue weighted by atomic mass is 9.94. The normalized spacial score (nSPS) is 26.4. The largest absolute Gasteiger partial charge is 0.369 e. The van der Waals surface area contributed by atoms with Crippen LogP contribution in [0.15, 0.2) is 24.3 Å². The van der Waals surface area contributed by atoms with E-state index in [1.165, 1.54) is 42.4 Å². The highest BCUT2D eigenvalue weighted by atomic mass is 32.2. The van der Waals surface area contributed by atoms with Gasteiger partial charge in [-0.05, 0) is 38.1 Å². The van der Waals surface area contributed by atoms with Gasteiger partial charge in [-0.1, -0.05) is 25.3 Å². The fourth-order valence-electron chi connectivity index (χ4n) is 4.84. The van der Waals surface area contributed by atoms with Crippen molar-refractivity contribution in [3.8, 4) is 0 Å². The summed E-state index contributed by atoms with van der Waals surface area (Å²) in [4.78, 5) is 16.2. The van der Waals surface area contributed by atoms with Gasteiger partial charge in [-0.2, -0.15) is 0 Å². The second-order valence-corrected chi connectivity index (χ2v) is 11.1. The molecule has 1 atom stereocenters. The molecule has 2 heterocycles. The standard InChI is InChI=1S/C21H29FN2O4S/c1-23(18-8-3-2-4-9-18)11-19-12-28-21(15-29(19,26)27)13-24(14-21)20(25)16-6-5-7-17(22)10-16/h5-7,10,18-19H,2-4,8-9,11-15H2,1H3/t19-/m0/s1. The molecule has 0 radical (unpaired) electrons. The molecule has 6 nitrogen and oxygen atoms in total. The average molecular weight is 425 g/mol. The number of benzene rings is 1. The number of nitrogens with zero attached hydrogens (tertiary/aromatic N) is 2. The number of sulfone groups is 1. The highest BCUT2D eigenvalue weighted by molar-refractivity contribution is 7.92. The second-order valence-electron chi connectivity index (χ2n) is 8.83. The van der Waals surface area contributed by atoms with Crippen LogP contribution in [0.5, 0.6) is 0 Å². The molecule has 29 heavy (non-hydrogen) atoms. The lowest BCUT2D eigenvalue weighted by molar-refractivity contribution is -0.121. The third-order valence-electron chi connectivity index (χ3n) is 6.55. The van der Waals surface area contributed by atoms with Gasteiger partial charge in [0.2, 0.25) is 0 Å². The number of halogens is 1. The summed E-state index contributed by atoms with van der Waals surface area (Å²) < 4.78 is 45.2. The number of ether oxygens (including phenoxy) is 1. The summed E-state index contributed by atoms with van der Waals surface area (Å²) in [5.41, 5.74) is -0.549. The molecule has 0 bridgehead atoms. The maximum Gasteiger partial charge on any atom is 0.254 e. The van der Waals surface area contributed by atoms with E-state index >= 15 is 0 Å². The van der Waals surface area contributed by atoms with Crippen LogP contribution in [0.25, 0.3) is 0 Å². The van der Waals surface area contributed by atoms with Gasteiger partial charge >= 0.3 is 0 Å². The number of amides is 1. The number of carbonyl (C=O) groups excluding carboxylic acids is 1. The molecule has 4 rings (SSSR count). The van der Waals surface area contributed by atoms with Crippen molar-refractivity contribution in [2.45, 2.75) is 49.0 Å². The van der Waals surface area contributed by atoms with E-state index in [9.17, 15) is 17.6 Å². The third-order valence-corrected chi connectivity index (χ3v) is 8.78. The first-order chi connectivity index (χ1) is 13.8. The Balaban J connectivity index is 1.34. The van der Waals surface area contributed by atoms with Crippen molar-refractivity contribution in [3.63, 3.8) is 0 Å². The Morgan fingerprint density at radius 1 is 1.28 bits per heavy atom. The van der Waals surface area contributed by atoms with E-state index in [0.29, 0.717) is 12.6 Å². The van der Waals surface area contributed by atoms with Crippen LogP contribution in [0.2, 0.25) is 0 Å². The predicted octanol–water partition coefficient (Wildman–Crippen LogP) is 2.10. The van der Waals surface area contributed by atoms with Gasteiger partial charge in [0.05, 0.1) is 30.7 Å². The van der Waals surface area contributed by atoms with Gasteiger partial charge in [0, 0.05) is 18.2 Å². The summed E-state index contributed by atoms with van der Waals surface area (Å²) in [6.07, 6.45) is 5.95. The molecule has 8 heteroatoms. The first-order valence-corrected chi connectivity index (χ1v) is 12.1. The van der Waals surface area contributed by atoms with Crippen LogP contribution >= 0.6 is 0 Å². The predicted molar refractivity (Wildman–Crippen MR) is 108 cm³/mol. The summed E-state index contributed by atoms with van der Waals surface area (Å²) in [7, 11) is -1.30. The van der Waals surface area contributed by atoms with E-state index in [1.54, 1.807) is 6.07 Å². The number of likely N-dealkylation sites (tertiary alicyclic amines) is 1. The molecule has 3 aliphatic rings. The first-order valence-electron chi connectivity index (χ1n) is 10.4. The van der Waals surface area contributed by atoms with E-state index in [4.69, 9.17) is 4.74 Å². The Kier molecular flexibility index (Phi) is 5.70. The van der Waals surface area contributed by atoms with Crippen LogP contribution in [0, 0.1) is 5.82 Å². The smallest absolute Gasteiger partial charge is 0.254 e. The zero-order chi connectivity index (χ0) is 20.6. The van der Waals surface area contributed by atoms with Crippen molar-refractivity contribution in [1.29, 1.82) is 0 Å². The van der Waals surface area contributed by atoms with Crippen LogP contribution < -0.4 is 0 Å². The van der Waals surface area contributed by atoms with Gasteiger partial charge in [0.15, 0.2) is 9.84 Å². The highest BCUT2D eigenvalue weighted by Gasteiger charge is 2.54. The fraction of sp³-hybridized carbons (Fsp3) is 0.667. The Labute approximate surface area is 171 Å². The molecule has 1 spiro atoms. The van der Waals surface area contributed by atoms with Crippen LogP contribution in [-0.4, -0.2) is 80.1 Å². The quantitative estimate of drug-likeness (QED) is 0.741. The lowest BCUT2D eigenvalue weighted by Crippen LogP contribution is -2.71. The first kappa shape index (κ1) is 20.8. The summed E-state index contributed by atoms with van der Waals surface area (Å²) >= 11 is 0. The van der Waals surface area contributed by atoms with E-state index < -0.39 is 26.5 Å². The zero-order valence-electron chi connectivity index (χ0n) is 16.8. The minimum absolute atomic E-state index is 0.0594. The number of hydrogen-bond donors (Lipinski definition) is 0. The van der Waals surface area contributed by atoms with Crippen LogP contribution in [0.4, 0.5) is 4.39 Å². The van der Waals surface area contributed by atoms with Gasteiger partial charge in [0.25, 0.3) is 5.91 Å². The van der Waals surface area contributed by atoms with Crippen molar-refractivity contribution in [3.05, 3.63) is 35.6 Å². The molecule has 0 aromatic heterocycles. The van der Waals surface area contributed by atoms with Crippen LogP contribution in [-0.2, 0) is 14.6 Å². The summed E-state index contributed by atoms with van der Waals surface area (Å²) in [6, 6.07) is 6.00. The maximum absolute atomic E-state index is 13.4. The minimum Gasteiger partial charge on any atom is -0.369 e. The van der Waals surface area contributed by atoms with Crippen molar-refractivity contribution < 1.29 is 22.3 Å². The summed E-state index contributed by atoms with van der Waals surface area (Å²) in [5, 5.41) is -0.520. The molecule has 1 amide bonds. The molecular formula is C21H29FN2O4S. The molecule has 1 aliphatic carbocycles. The zero-order valence-corrected chi connectivity index (χ0v) is 17.7. The van der Waals surface area contributed by atoms with Gasteiger partial charge in [-0.15, -0.1) is 0 Å². The molecule has 2 aliphatic heterocycles. The molecule has 1 aromatic rings. The molecule has 2 saturated heterocycles. The van der Waals surface area contributed by atoms with Crippen molar-refractivity contribution in [2.24, 2.45) is 0 Å². The highest BCUT2D eigenvalue weighted by Crippen LogP contribution is 2.34. The Bertz CT molecular complexity index is 863. The van der Waals surface area contributed by atoms with Gasteiger partial charge in [-0.3, -0.25) is 4.79 Å². The molecule has 1 saturated carbocycles. The van der Waals surface area contributed by atoms with Crippen molar-refractivity contribution in [2.75, 3.05) is 39.0 Å². The fourth-order valence-corrected chi connectivity index (χ4v) is 6.81. The minimum atomic E-state index is -3.31. The van der Waals surface area contributed by atoms with Gasteiger partial charge in [-0.25, -0.2) is 12.8 Å². The van der Waals surface area contributed by atoms with E-state index in [-0.39, 0.29) is 36.9 Å². The summed E-state index contributed by atoms with van der Waals surface area (Å²) in [6.45, 7) is 1.12. The summed E-state index contributed by atoms with van der Waals surface area (Å²) in [5.74, 6) is -0.821. The number of rotatable bonds is 4. The molecule has 0 unspecified atom stereocenters. The SMILES string of the molecule is CN(C[C@H]1COC2(CN(C(=O)c3cccc(F)c3)C2)CS1(=O)=O)C1CCCCC1. The van der Waals surface area contributed by atoms with Crippen molar-refractivity contribution in [1.82, 2.24) is 9.80 Å². The number of hydrogen-bond acceptors (Lipinski definition) is 5. The molecule has 0 N–H and O–H groups in total. The lowest BCUT2D eigenvalue weighted by Gasteiger charge is -2.52. The van der Waals surface area contributed by atoms with Gasteiger partial charge < -0.3 is 14.5 Å². The molecule has 160 valence electrons. The molecule has 3 fully saturated rings. The monoisotopic (exact) mass is 424 g/mol. The van der Waals surface area contributed by atoms with E-state index in [0.717, 1.165) is 12.8 Å². The average Bonchev–Trinajstić information content (AvgIpc) is 2.67. The van der Waals surface area contributed by atoms with Crippen LogP contribution in [0.1, 0.15) is 42.5 Å². The third kappa shape index (κ3) is 4.34. The Hall–Kier alpha value is -1.51. The second kappa shape index (κ2) is 7.96. The Morgan fingerprint density at radius 2 is 2.00 bits per heavy atom. The number of carbonyl (C=O) groups is 1.